The lowest BCUT2D eigenvalue weighted by atomic mass is 10.3. The Bertz CT molecular complexity index is 309. The van der Waals surface area contributed by atoms with Crippen LogP contribution in [0.3, 0.4) is 0 Å². The molecule has 14 heavy (non-hydrogen) atoms. The molecule has 0 radical (unpaired) electrons. The van der Waals surface area contributed by atoms with Crippen LogP contribution in [0.25, 0.3) is 0 Å². The van der Waals surface area contributed by atoms with Crippen molar-refractivity contribution in [1.29, 1.82) is 0 Å². The number of rotatable bonds is 2. The summed E-state index contributed by atoms with van der Waals surface area (Å²) in [6.07, 6.45) is 4.12. The van der Waals surface area contributed by atoms with Crippen LogP contribution in [0.1, 0.15) is 16.9 Å². The van der Waals surface area contributed by atoms with Crippen LogP contribution >= 0.6 is 0 Å². The summed E-state index contributed by atoms with van der Waals surface area (Å²) in [6, 6.07) is 0.432. The van der Waals surface area contributed by atoms with E-state index in [-0.39, 0.29) is 5.91 Å². The summed E-state index contributed by atoms with van der Waals surface area (Å²) < 4.78 is 0. The minimum atomic E-state index is 0.0419. The molecule has 0 aliphatic carbocycles. The van der Waals surface area contributed by atoms with E-state index in [0.717, 1.165) is 19.5 Å². The molecule has 0 spiro atoms. The van der Waals surface area contributed by atoms with Gasteiger partial charge >= 0.3 is 0 Å². The molecule has 2 rings (SSSR count). The van der Waals surface area contributed by atoms with Crippen molar-refractivity contribution in [3.63, 3.8) is 0 Å². The number of nitrogens with one attached hydrogen (secondary N) is 2. The quantitative estimate of drug-likeness (QED) is 0.688. The van der Waals surface area contributed by atoms with Crippen molar-refractivity contribution >= 4 is 5.91 Å². The summed E-state index contributed by atoms with van der Waals surface area (Å²) in [4.78, 5) is 20.3. The number of aromatic amines is 1. The number of H-pyrrole nitrogens is 1. The summed E-state index contributed by atoms with van der Waals surface area (Å²) in [5, 5.41) is 3.17. The van der Waals surface area contributed by atoms with Crippen molar-refractivity contribution in [3.05, 3.63) is 18.2 Å². The average molecular weight is 194 g/mol. The molecule has 5 heteroatoms. The SMILES string of the molecule is CNC1CCN(C(=O)c2cnc[nH]2)C1. The molecule has 1 unspecified atom stereocenters. The van der Waals surface area contributed by atoms with Crippen LogP contribution in [0.2, 0.25) is 0 Å². The second kappa shape index (κ2) is 3.79. The molecule has 1 atom stereocenters. The van der Waals surface area contributed by atoms with E-state index in [0.29, 0.717) is 11.7 Å². The minimum absolute atomic E-state index is 0.0419. The van der Waals surface area contributed by atoms with Gasteiger partial charge < -0.3 is 15.2 Å². The maximum absolute atomic E-state index is 11.8. The molecule has 1 aliphatic heterocycles. The van der Waals surface area contributed by atoms with Gasteiger partial charge in [0.1, 0.15) is 5.69 Å². The number of hydrogen-bond acceptors (Lipinski definition) is 3. The zero-order valence-electron chi connectivity index (χ0n) is 8.16. The van der Waals surface area contributed by atoms with E-state index < -0.39 is 0 Å². The van der Waals surface area contributed by atoms with E-state index in [4.69, 9.17) is 0 Å². The van der Waals surface area contributed by atoms with Crippen LogP contribution in [-0.4, -0.2) is 47.0 Å². The van der Waals surface area contributed by atoms with Crippen molar-refractivity contribution in [2.75, 3.05) is 20.1 Å². The molecule has 76 valence electrons. The van der Waals surface area contributed by atoms with Crippen LogP contribution in [-0.2, 0) is 0 Å². The van der Waals surface area contributed by atoms with E-state index in [1.54, 1.807) is 6.20 Å². The fourth-order valence-corrected chi connectivity index (χ4v) is 1.72. The normalized spacial score (nSPS) is 21.5. The molecule has 1 fully saturated rings. The van der Waals surface area contributed by atoms with Gasteiger partial charge in [-0.25, -0.2) is 4.98 Å². The maximum Gasteiger partial charge on any atom is 0.271 e. The first-order chi connectivity index (χ1) is 6.81. The lowest BCUT2D eigenvalue weighted by Gasteiger charge is -2.14. The van der Waals surface area contributed by atoms with Gasteiger partial charge in [0.25, 0.3) is 5.91 Å². The van der Waals surface area contributed by atoms with Gasteiger partial charge in [-0.2, -0.15) is 0 Å². The molecule has 5 nitrogen and oxygen atoms in total. The second-order valence-electron chi connectivity index (χ2n) is 3.49. The fraction of sp³-hybridized carbons (Fsp3) is 0.556. The predicted octanol–water partition coefficient (Wildman–Crippen LogP) is -0.156. The summed E-state index contributed by atoms with van der Waals surface area (Å²) in [5.41, 5.74) is 0.571. The van der Waals surface area contributed by atoms with E-state index in [2.05, 4.69) is 15.3 Å². The standard InChI is InChI=1S/C9H14N4O/c1-10-7-2-3-13(5-7)9(14)8-4-11-6-12-8/h4,6-7,10H,2-3,5H2,1H3,(H,11,12). The topological polar surface area (TPSA) is 61.0 Å². The number of likely N-dealkylation sites (N-methyl/N-ethyl adjacent to an activating group) is 1. The number of amides is 1. The Morgan fingerprint density at radius 2 is 2.64 bits per heavy atom. The number of likely N-dealkylation sites (tertiary alicyclic amines) is 1. The number of carbonyl (C=O) groups excluding carboxylic acids is 1. The monoisotopic (exact) mass is 194 g/mol. The summed E-state index contributed by atoms with van der Waals surface area (Å²) >= 11 is 0. The predicted molar refractivity (Wildman–Crippen MR) is 52.0 cm³/mol. The fourth-order valence-electron chi connectivity index (χ4n) is 1.72. The molecule has 0 bridgehead atoms. The number of aromatic nitrogens is 2. The highest BCUT2D eigenvalue weighted by molar-refractivity contribution is 5.92. The average Bonchev–Trinajstić information content (AvgIpc) is 2.88. The van der Waals surface area contributed by atoms with Gasteiger partial charge in [-0.3, -0.25) is 4.79 Å². The third-order valence-electron chi connectivity index (χ3n) is 2.61. The first-order valence-corrected chi connectivity index (χ1v) is 4.76. The Morgan fingerprint density at radius 1 is 1.79 bits per heavy atom. The van der Waals surface area contributed by atoms with Gasteiger partial charge in [0.2, 0.25) is 0 Å². The molecular weight excluding hydrogens is 180 g/mol. The third kappa shape index (κ3) is 1.63. The third-order valence-corrected chi connectivity index (χ3v) is 2.61. The van der Waals surface area contributed by atoms with Crippen LogP contribution < -0.4 is 5.32 Å². The molecular formula is C9H14N4O. The summed E-state index contributed by atoms with van der Waals surface area (Å²) in [5.74, 6) is 0.0419. The van der Waals surface area contributed by atoms with Gasteiger partial charge in [0.15, 0.2) is 0 Å². The Morgan fingerprint density at radius 3 is 3.21 bits per heavy atom. The molecule has 2 N–H and O–H groups in total. The van der Waals surface area contributed by atoms with E-state index in [1.807, 2.05) is 11.9 Å². The highest BCUT2D eigenvalue weighted by Gasteiger charge is 2.26. The van der Waals surface area contributed by atoms with Crippen LogP contribution in [0.5, 0.6) is 0 Å². The maximum atomic E-state index is 11.8. The van der Waals surface area contributed by atoms with Crippen molar-refractivity contribution in [1.82, 2.24) is 20.2 Å². The van der Waals surface area contributed by atoms with Gasteiger partial charge in [0, 0.05) is 19.1 Å². The van der Waals surface area contributed by atoms with Crippen LogP contribution in [0.4, 0.5) is 0 Å². The van der Waals surface area contributed by atoms with E-state index in [1.165, 1.54) is 6.33 Å². The van der Waals surface area contributed by atoms with Crippen LogP contribution in [0, 0.1) is 0 Å². The summed E-state index contributed by atoms with van der Waals surface area (Å²) in [6.45, 7) is 1.61. The molecule has 1 aliphatic rings. The van der Waals surface area contributed by atoms with Crippen LogP contribution in [0.15, 0.2) is 12.5 Å². The first-order valence-electron chi connectivity index (χ1n) is 4.76. The number of imidazole rings is 1. The first kappa shape index (κ1) is 9.21. The zero-order chi connectivity index (χ0) is 9.97. The number of hydrogen-bond donors (Lipinski definition) is 2. The largest absolute Gasteiger partial charge is 0.341 e. The molecule has 1 amide bonds. The lowest BCUT2D eigenvalue weighted by molar-refractivity contribution is 0.0784. The van der Waals surface area contributed by atoms with Gasteiger partial charge in [0.05, 0.1) is 12.5 Å². The van der Waals surface area contributed by atoms with E-state index >= 15 is 0 Å². The Labute approximate surface area is 82.5 Å². The molecule has 2 heterocycles. The Hall–Kier alpha value is -1.36. The highest BCUT2D eigenvalue weighted by Crippen LogP contribution is 2.11. The molecule has 0 saturated carbocycles. The molecule has 1 aromatic heterocycles. The smallest absolute Gasteiger partial charge is 0.271 e. The van der Waals surface area contributed by atoms with Crippen molar-refractivity contribution in [3.8, 4) is 0 Å². The highest BCUT2D eigenvalue weighted by atomic mass is 16.2. The molecule has 1 saturated heterocycles. The van der Waals surface area contributed by atoms with Gasteiger partial charge in [-0.15, -0.1) is 0 Å². The van der Waals surface area contributed by atoms with Gasteiger partial charge in [-0.05, 0) is 13.5 Å². The van der Waals surface area contributed by atoms with E-state index in [9.17, 15) is 4.79 Å². The lowest BCUT2D eigenvalue weighted by Crippen LogP contribution is -2.33. The Kier molecular flexibility index (Phi) is 2.49. The molecule has 1 aromatic rings. The second-order valence-corrected chi connectivity index (χ2v) is 3.49. The summed E-state index contributed by atoms with van der Waals surface area (Å²) in [7, 11) is 1.93. The molecule has 0 aromatic carbocycles. The number of carbonyl (C=O) groups is 1. The van der Waals surface area contributed by atoms with Crippen molar-refractivity contribution in [2.24, 2.45) is 0 Å². The van der Waals surface area contributed by atoms with Gasteiger partial charge in [-0.1, -0.05) is 0 Å². The Balaban J connectivity index is 2.00. The zero-order valence-corrected chi connectivity index (χ0v) is 8.16. The van der Waals surface area contributed by atoms with Crippen molar-refractivity contribution in [2.45, 2.75) is 12.5 Å². The van der Waals surface area contributed by atoms with Crippen molar-refractivity contribution < 1.29 is 4.79 Å². The number of nitrogens with zero attached hydrogens (tertiary/aromatic N) is 2. The minimum Gasteiger partial charge on any atom is -0.341 e.